The van der Waals surface area contributed by atoms with E-state index < -0.39 is 17.7 Å². The maximum Gasteiger partial charge on any atom is 0.391 e. The van der Waals surface area contributed by atoms with Gasteiger partial charge in [-0.3, -0.25) is 4.79 Å². The summed E-state index contributed by atoms with van der Waals surface area (Å²) >= 11 is 0. The highest BCUT2D eigenvalue weighted by molar-refractivity contribution is 6.02. The lowest BCUT2D eigenvalue weighted by atomic mass is 9.85. The molecule has 0 aliphatic heterocycles. The fraction of sp³-hybridized carbons (Fsp3) is 0.667. The van der Waals surface area contributed by atoms with Crippen LogP contribution in [0.3, 0.4) is 0 Å². The van der Waals surface area contributed by atoms with E-state index in [1.54, 1.807) is 38.1 Å². The van der Waals surface area contributed by atoms with E-state index in [9.17, 15) is 23.1 Å². The van der Waals surface area contributed by atoms with E-state index in [2.05, 4.69) is 10.6 Å². The zero-order valence-electron chi connectivity index (χ0n) is 18.1. The standard InChI is InChI=1S/C21H33F3N4O2/c1-5-20(2,30)12-28(4)18-11-17(26-3)16(25)10-15(18)19(29)27-14-8-6-13(7-9-14)21(22,23)24/h10-11,13-14,26,30H,5-9,12,25H2,1-4H3,(H,27,29). The third kappa shape index (κ3) is 5.93. The van der Waals surface area contributed by atoms with E-state index in [1.165, 1.54) is 0 Å². The van der Waals surface area contributed by atoms with Gasteiger partial charge < -0.3 is 26.4 Å². The molecule has 1 saturated carbocycles. The normalized spacial score (nSPS) is 21.6. The lowest BCUT2D eigenvalue weighted by molar-refractivity contribution is -0.182. The number of carbonyl (C=O) groups is 1. The fourth-order valence-electron chi connectivity index (χ4n) is 3.86. The second-order valence-electron chi connectivity index (χ2n) is 8.48. The number of nitrogens with two attached hydrogens (primary N) is 1. The number of likely N-dealkylation sites (N-methyl/N-ethyl adjacent to an activating group) is 1. The van der Waals surface area contributed by atoms with Gasteiger partial charge >= 0.3 is 6.18 Å². The van der Waals surface area contributed by atoms with Crippen LogP contribution >= 0.6 is 0 Å². The first-order valence-electron chi connectivity index (χ1n) is 10.3. The number of benzene rings is 1. The summed E-state index contributed by atoms with van der Waals surface area (Å²) in [6.45, 7) is 3.90. The van der Waals surface area contributed by atoms with Crippen LogP contribution in [0, 0.1) is 5.92 Å². The molecule has 9 heteroatoms. The first-order valence-corrected chi connectivity index (χ1v) is 10.3. The molecule has 1 aromatic carbocycles. The molecule has 1 amide bonds. The third-order valence-corrected chi connectivity index (χ3v) is 5.96. The molecule has 0 heterocycles. The quantitative estimate of drug-likeness (QED) is 0.495. The highest BCUT2D eigenvalue weighted by Crippen LogP contribution is 2.38. The van der Waals surface area contributed by atoms with E-state index in [-0.39, 0.29) is 37.6 Å². The van der Waals surface area contributed by atoms with E-state index in [0.29, 0.717) is 35.6 Å². The van der Waals surface area contributed by atoms with Crippen molar-refractivity contribution in [3.05, 3.63) is 17.7 Å². The van der Waals surface area contributed by atoms with E-state index in [4.69, 9.17) is 5.73 Å². The number of hydrogen-bond donors (Lipinski definition) is 4. The molecule has 0 spiro atoms. The highest BCUT2D eigenvalue weighted by Gasteiger charge is 2.41. The molecule has 0 radical (unpaired) electrons. The first kappa shape index (κ1) is 24.1. The number of nitrogen functional groups attached to an aromatic ring is 1. The molecule has 1 aliphatic rings. The average molecular weight is 431 g/mol. The van der Waals surface area contributed by atoms with Gasteiger partial charge in [0.2, 0.25) is 0 Å². The summed E-state index contributed by atoms with van der Waals surface area (Å²) in [5, 5.41) is 16.3. The van der Waals surface area contributed by atoms with Crippen molar-refractivity contribution in [2.45, 2.75) is 63.8 Å². The minimum atomic E-state index is -4.18. The van der Waals surface area contributed by atoms with Crippen LogP contribution in [-0.4, -0.2) is 49.5 Å². The van der Waals surface area contributed by atoms with Gasteiger partial charge in [-0.05, 0) is 51.2 Å². The van der Waals surface area contributed by atoms with Gasteiger partial charge in [0.05, 0.1) is 34.1 Å². The third-order valence-electron chi connectivity index (χ3n) is 5.96. The van der Waals surface area contributed by atoms with Crippen molar-refractivity contribution in [2.75, 3.05) is 36.6 Å². The minimum absolute atomic E-state index is 0.0153. The van der Waals surface area contributed by atoms with E-state index in [1.807, 2.05) is 6.92 Å². The van der Waals surface area contributed by atoms with Crippen LogP contribution in [0.2, 0.25) is 0 Å². The van der Waals surface area contributed by atoms with Crippen molar-refractivity contribution < 1.29 is 23.1 Å². The lowest BCUT2D eigenvalue weighted by Gasteiger charge is -2.32. The number of hydrogen-bond acceptors (Lipinski definition) is 5. The molecule has 2 rings (SSSR count). The summed E-state index contributed by atoms with van der Waals surface area (Å²) in [6, 6.07) is 3.00. The second kappa shape index (κ2) is 9.32. The molecule has 1 fully saturated rings. The molecule has 170 valence electrons. The van der Waals surface area contributed by atoms with Crippen molar-refractivity contribution in [3.63, 3.8) is 0 Å². The average Bonchev–Trinajstić information content (AvgIpc) is 2.67. The smallest absolute Gasteiger partial charge is 0.391 e. The zero-order chi connectivity index (χ0) is 22.7. The number of rotatable bonds is 7. The molecular formula is C21H33F3N4O2. The van der Waals surface area contributed by atoms with Crippen molar-refractivity contribution in [1.29, 1.82) is 0 Å². The number of amides is 1. The van der Waals surface area contributed by atoms with Crippen LogP contribution in [0.5, 0.6) is 0 Å². The molecule has 1 aromatic rings. The number of alkyl halides is 3. The zero-order valence-corrected chi connectivity index (χ0v) is 18.1. The van der Waals surface area contributed by atoms with Crippen molar-refractivity contribution >= 4 is 23.0 Å². The summed E-state index contributed by atoms with van der Waals surface area (Å²) in [7, 11) is 3.50. The molecule has 0 aromatic heterocycles. The van der Waals surface area contributed by atoms with Crippen LogP contribution in [-0.2, 0) is 0 Å². The van der Waals surface area contributed by atoms with Crippen LogP contribution in [0.25, 0.3) is 0 Å². The molecule has 1 atom stereocenters. The number of anilines is 3. The fourth-order valence-corrected chi connectivity index (χ4v) is 3.86. The molecule has 0 saturated heterocycles. The number of carbonyl (C=O) groups excluding carboxylic acids is 1. The van der Waals surface area contributed by atoms with E-state index >= 15 is 0 Å². The van der Waals surface area contributed by atoms with Gasteiger partial charge in [-0.25, -0.2) is 0 Å². The Kier molecular flexibility index (Phi) is 7.49. The number of halogens is 3. The predicted octanol–water partition coefficient (Wildman–Crippen LogP) is 3.76. The Bertz CT molecular complexity index is 745. The molecule has 30 heavy (non-hydrogen) atoms. The Morgan fingerprint density at radius 3 is 2.37 bits per heavy atom. The minimum Gasteiger partial charge on any atom is -0.397 e. The van der Waals surface area contributed by atoms with Gasteiger partial charge in [-0.1, -0.05) is 6.92 Å². The van der Waals surface area contributed by atoms with Crippen molar-refractivity contribution in [3.8, 4) is 0 Å². The van der Waals surface area contributed by atoms with Gasteiger partial charge in [0.1, 0.15) is 0 Å². The number of nitrogens with one attached hydrogen (secondary N) is 2. The van der Waals surface area contributed by atoms with Crippen molar-refractivity contribution in [1.82, 2.24) is 5.32 Å². The monoisotopic (exact) mass is 430 g/mol. The van der Waals surface area contributed by atoms with Gasteiger partial charge in [0.25, 0.3) is 5.91 Å². The molecule has 0 bridgehead atoms. The van der Waals surface area contributed by atoms with Crippen LogP contribution in [0.1, 0.15) is 56.3 Å². The number of aliphatic hydroxyl groups is 1. The summed E-state index contributed by atoms with van der Waals surface area (Å²) in [5.41, 5.74) is 7.07. The molecular weight excluding hydrogens is 397 g/mol. The van der Waals surface area contributed by atoms with Gasteiger partial charge in [0.15, 0.2) is 0 Å². The molecule has 5 N–H and O–H groups in total. The highest BCUT2D eigenvalue weighted by atomic mass is 19.4. The topological polar surface area (TPSA) is 90.6 Å². The summed E-state index contributed by atoms with van der Waals surface area (Å²) in [4.78, 5) is 14.8. The summed E-state index contributed by atoms with van der Waals surface area (Å²) < 4.78 is 38.7. The van der Waals surface area contributed by atoms with Gasteiger partial charge in [-0.2, -0.15) is 13.2 Å². The van der Waals surface area contributed by atoms with Crippen LogP contribution in [0.15, 0.2) is 12.1 Å². The summed E-state index contributed by atoms with van der Waals surface area (Å²) in [6.07, 6.45) is -3.04. The molecule has 6 nitrogen and oxygen atoms in total. The molecule has 1 aliphatic carbocycles. The molecule has 1 unspecified atom stereocenters. The van der Waals surface area contributed by atoms with Crippen LogP contribution in [0.4, 0.5) is 30.2 Å². The van der Waals surface area contributed by atoms with Gasteiger partial charge in [0, 0.05) is 26.7 Å². The van der Waals surface area contributed by atoms with Gasteiger partial charge in [-0.15, -0.1) is 0 Å². The predicted molar refractivity (Wildman–Crippen MR) is 114 cm³/mol. The first-order chi connectivity index (χ1) is 13.9. The lowest BCUT2D eigenvalue weighted by Crippen LogP contribution is -2.42. The largest absolute Gasteiger partial charge is 0.397 e. The Labute approximate surface area is 176 Å². The Morgan fingerprint density at radius 1 is 1.27 bits per heavy atom. The Hall–Kier alpha value is -2.16. The van der Waals surface area contributed by atoms with Crippen LogP contribution < -0.4 is 21.3 Å². The number of nitrogens with zero attached hydrogens (tertiary/aromatic N) is 1. The summed E-state index contributed by atoms with van der Waals surface area (Å²) in [5.74, 6) is -1.67. The SMILES string of the molecule is CCC(C)(O)CN(C)c1cc(NC)c(N)cc1C(=O)NC1CCC(C(F)(F)F)CC1. The Morgan fingerprint density at radius 2 is 1.87 bits per heavy atom. The van der Waals surface area contributed by atoms with Crippen molar-refractivity contribution in [2.24, 2.45) is 5.92 Å². The maximum atomic E-state index is 13.0. The maximum absolute atomic E-state index is 13.0. The second-order valence-corrected chi connectivity index (χ2v) is 8.48. The Balaban J connectivity index is 2.21. The van der Waals surface area contributed by atoms with E-state index in [0.717, 1.165) is 0 Å².